The highest BCUT2D eigenvalue weighted by molar-refractivity contribution is 7.80. The molecule has 1 aliphatic heterocycles. The maximum atomic E-state index is 11.9. The van der Waals surface area contributed by atoms with Crippen LogP contribution in [-0.2, 0) is 11.8 Å². The molecule has 2 unspecified atom stereocenters. The molecule has 8 heteroatoms. The van der Waals surface area contributed by atoms with E-state index in [2.05, 4.69) is 31.2 Å². The molecule has 1 aromatic carbocycles. The van der Waals surface area contributed by atoms with Gasteiger partial charge in [0.1, 0.15) is 11.8 Å². The van der Waals surface area contributed by atoms with E-state index in [1.807, 2.05) is 62.6 Å². The summed E-state index contributed by atoms with van der Waals surface area (Å²) in [6, 6.07) is 15.5. The molecule has 3 heterocycles. The first-order valence-electron chi connectivity index (χ1n) is 10.1. The second-order valence-corrected chi connectivity index (χ2v) is 7.71. The monoisotopic (exact) mass is 435 g/mol. The summed E-state index contributed by atoms with van der Waals surface area (Å²) in [5, 5.41) is 6.93. The van der Waals surface area contributed by atoms with E-state index in [1.165, 1.54) is 0 Å². The number of benzene rings is 1. The van der Waals surface area contributed by atoms with Crippen LogP contribution >= 0.6 is 12.2 Å². The van der Waals surface area contributed by atoms with Crippen molar-refractivity contribution in [2.75, 3.05) is 17.3 Å². The number of amides is 1. The SMILES string of the molecule is CCC(=O)Nc1ccc(N2C(=S)NC(c3ccccn3)C2c2cccn2C)cc1OC. The van der Waals surface area contributed by atoms with Gasteiger partial charge in [-0.25, -0.2) is 0 Å². The Kier molecular flexibility index (Phi) is 5.90. The third-order valence-corrected chi connectivity index (χ3v) is 5.76. The van der Waals surface area contributed by atoms with Crippen molar-refractivity contribution in [1.82, 2.24) is 14.9 Å². The van der Waals surface area contributed by atoms with Gasteiger partial charge in [0, 0.05) is 43.3 Å². The lowest BCUT2D eigenvalue weighted by atomic mass is 10.0. The molecule has 0 bridgehead atoms. The van der Waals surface area contributed by atoms with Crippen LogP contribution in [0.25, 0.3) is 0 Å². The van der Waals surface area contributed by atoms with Crippen molar-refractivity contribution in [3.05, 3.63) is 72.3 Å². The molecule has 0 aliphatic carbocycles. The first kappa shape index (κ1) is 20.9. The topological polar surface area (TPSA) is 71.4 Å². The summed E-state index contributed by atoms with van der Waals surface area (Å²) in [5.74, 6) is 0.510. The van der Waals surface area contributed by atoms with Crippen LogP contribution in [0.15, 0.2) is 60.9 Å². The largest absolute Gasteiger partial charge is 0.494 e. The van der Waals surface area contributed by atoms with E-state index in [0.717, 1.165) is 17.1 Å². The van der Waals surface area contributed by atoms with Gasteiger partial charge in [-0.1, -0.05) is 13.0 Å². The van der Waals surface area contributed by atoms with Crippen LogP contribution in [0.1, 0.15) is 36.8 Å². The predicted octanol–water partition coefficient (Wildman–Crippen LogP) is 3.95. The number of nitrogens with zero attached hydrogens (tertiary/aromatic N) is 3. The molecule has 2 N–H and O–H groups in total. The zero-order chi connectivity index (χ0) is 22.0. The van der Waals surface area contributed by atoms with Crippen LogP contribution in [0, 0.1) is 0 Å². The van der Waals surface area contributed by atoms with Crippen molar-refractivity contribution in [1.29, 1.82) is 0 Å². The second-order valence-electron chi connectivity index (χ2n) is 7.33. The van der Waals surface area contributed by atoms with Crippen LogP contribution in [0.4, 0.5) is 11.4 Å². The normalized spacial score (nSPS) is 18.0. The molecule has 1 saturated heterocycles. The minimum atomic E-state index is -0.118. The number of nitrogens with one attached hydrogen (secondary N) is 2. The average molecular weight is 436 g/mol. The van der Waals surface area contributed by atoms with Crippen molar-refractivity contribution in [2.45, 2.75) is 25.4 Å². The Labute approximate surface area is 187 Å². The summed E-state index contributed by atoms with van der Waals surface area (Å²) in [4.78, 5) is 18.5. The van der Waals surface area contributed by atoms with E-state index >= 15 is 0 Å². The van der Waals surface area contributed by atoms with Crippen LogP contribution in [-0.4, -0.2) is 27.7 Å². The third kappa shape index (κ3) is 3.98. The van der Waals surface area contributed by atoms with E-state index < -0.39 is 0 Å². The number of aromatic nitrogens is 2. The number of carbonyl (C=O) groups excluding carboxylic acids is 1. The number of methoxy groups -OCH3 is 1. The molecule has 31 heavy (non-hydrogen) atoms. The highest BCUT2D eigenvalue weighted by Crippen LogP contribution is 2.43. The Morgan fingerprint density at radius 3 is 2.74 bits per heavy atom. The van der Waals surface area contributed by atoms with E-state index in [1.54, 1.807) is 13.3 Å². The zero-order valence-corrected chi connectivity index (χ0v) is 18.5. The fourth-order valence-electron chi connectivity index (χ4n) is 3.89. The summed E-state index contributed by atoms with van der Waals surface area (Å²) < 4.78 is 7.66. The van der Waals surface area contributed by atoms with Crippen LogP contribution < -0.4 is 20.3 Å². The fourth-order valence-corrected chi connectivity index (χ4v) is 4.23. The molecular formula is C23H25N5O2S. The smallest absolute Gasteiger partial charge is 0.224 e. The average Bonchev–Trinajstić information content (AvgIpc) is 3.36. The van der Waals surface area contributed by atoms with Gasteiger partial charge in [0.05, 0.1) is 24.5 Å². The second kappa shape index (κ2) is 8.77. The molecule has 4 rings (SSSR count). The van der Waals surface area contributed by atoms with Crippen molar-refractivity contribution in [3.63, 3.8) is 0 Å². The molecule has 0 radical (unpaired) electrons. The van der Waals surface area contributed by atoms with E-state index in [0.29, 0.717) is 23.0 Å². The lowest BCUT2D eigenvalue weighted by Crippen LogP contribution is -2.30. The van der Waals surface area contributed by atoms with Crippen molar-refractivity contribution < 1.29 is 9.53 Å². The maximum absolute atomic E-state index is 11.9. The van der Waals surface area contributed by atoms with Crippen LogP contribution in [0.5, 0.6) is 5.75 Å². The quantitative estimate of drug-likeness (QED) is 0.571. The van der Waals surface area contributed by atoms with Crippen LogP contribution in [0.2, 0.25) is 0 Å². The highest BCUT2D eigenvalue weighted by Gasteiger charge is 2.42. The molecule has 2 atom stereocenters. The Morgan fingerprint density at radius 1 is 1.26 bits per heavy atom. The lowest BCUT2D eigenvalue weighted by Gasteiger charge is -2.28. The van der Waals surface area contributed by atoms with Crippen molar-refractivity contribution in [2.24, 2.45) is 7.05 Å². The van der Waals surface area contributed by atoms with Gasteiger partial charge in [0.2, 0.25) is 5.91 Å². The van der Waals surface area contributed by atoms with E-state index in [-0.39, 0.29) is 18.0 Å². The van der Waals surface area contributed by atoms with Gasteiger partial charge in [-0.2, -0.15) is 0 Å². The highest BCUT2D eigenvalue weighted by atomic mass is 32.1. The molecule has 0 saturated carbocycles. The molecule has 1 fully saturated rings. The Balaban J connectivity index is 1.78. The van der Waals surface area contributed by atoms with Gasteiger partial charge < -0.3 is 24.8 Å². The van der Waals surface area contributed by atoms with Gasteiger partial charge in [-0.05, 0) is 48.6 Å². The minimum absolute atomic E-state index is 0.0682. The van der Waals surface area contributed by atoms with Gasteiger partial charge in [-0.15, -0.1) is 0 Å². The number of anilines is 2. The molecule has 160 valence electrons. The number of aryl methyl sites for hydroxylation is 1. The number of carbonyl (C=O) groups is 1. The standard InChI is InChI=1S/C23H25N5O2S/c1-4-20(29)25-16-11-10-15(14-19(16)30-3)28-22(18-9-7-13-27(18)2)21(26-23(28)31)17-8-5-6-12-24-17/h5-14,21-22H,4H2,1-3H3,(H,25,29)(H,26,31). The molecule has 3 aromatic rings. The van der Waals surface area contributed by atoms with Gasteiger partial charge >= 0.3 is 0 Å². The number of hydrogen-bond donors (Lipinski definition) is 2. The predicted molar refractivity (Wildman–Crippen MR) is 125 cm³/mol. The summed E-state index contributed by atoms with van der Waals surface area (Å²) in [6.07, 6.45) is 4.21. The van der Waals surface area contributed by atoms with E-state index in [9.17, 15) is 4.79 Å². The molecule has 1 amide bonds. The number of thiocarbonyl (C=S) groups is 1. The Bertz CT molecular complexity index is 1100. The maximum Gasteiger partial charge on any atom is 0.224 e. The molecule has 1 aliphatic rings. The number of pyridine rings is 1. The Hall–Kier alpha value is -3.39. The summed E-state index contributed by atoms with van der Waals surface area (Å²) in [6.45, 7) is 1.81. The number of rotatable bonds is 6. The van der Waals surface area contributed by atoms with E-state index in [4.69, 9.17) is 17.0 Å². The number of hydrogen-bond acceptors (Lipinski definition) is 4. The van der Waals surface area contributed by atoms with Gasteiger partial charge in [0.25, 0.3) is 0 Å². The summed E-state index contributed by atoms with van der Waals surface area (Å²) in [7, 11) is 3.61. The molecular weight excluding hydrogens is 410 g/mol. The third-order valence-electron chi connectivity index (χ3n) is 5.44. The first-order valence-corrected chi connectivity index (χ1v) is 10.5. The lowest BCUT2D eigenvalue weighted by molar-refractivity contribution is -0.115. The Morgan fingerprint density at radius 2 is 2.10 bits per heavy atom. The molecule has 0 spiro atoms. The van der Waals surface area contributed by atoms with Crippen molar-refractivity contribution >= 4 is 34.6 Å². The fraction of sp³-hybridized carbons (Fsp3) is 0.261. The van der Waals surface area contributed by atoms with Gasteiger partial charge in [-0.3, -0.25) is 9.78 Å². The first-order chi connectivity index (χ1) is 15.0. The van der Waals surface area contributed by atoms with Crippen LogP contribution in [0.3, 0.4) is 0 Å². The minimum Gasteiger partial charge on any atom is -0.494 e. The molecule has 2 aromatic heterocycles. The number of ether oxygens (including phenoxy) is 1. The summed E-state index contributed by atoms with van der Waals surface area (Å²) >= 11 is 5.76. The summed E-state index contributed by atoms with van der Waals surface area (Å²) in [5.41, 5.74) is 3.52. The van der Waals surface area contributed by atoms with Gasteiger partial charge in [0.15, 0.2) is 5.11 Å². The zero-order valence-electron chi connectivity index (χ0n) is 17.7. The molecule has 7 nitrogen and oxygen atoms in total. The van der Waals surface area contributed by atoms with Crippen molar-refractivity contribution in [3.8, 4) is 5.75 Å².